The van der Waals surface area contributed by atoms with Gasteiger partial charge in [0.05, 0.1) is 12.3 Å². The lowest BCUT2D eigenvalue weighted by atomic mass is 10.4. The summed E-state index contributed by atoms with van der Waals surface area (Å²) in [7, 11) is 0. The summed E-state index contributed by atoms with van der Waals surface area (Å²) in [6.45, 7) is 6.29. The molecule has 0 atom stereocenters. The quantitative estimate of drug-likeness (QED) is 0.437. The van der Waals surface area contributed by atoms with Crippen molar-refractivity contribution in [1.82, 2.24) is 4.98 Å². The predicted octanol–water partition coefficient (Wildman–Crippen LogP) is 2.73. The number of hydrogen-bond donors (Lipinski definition) is 0. The van der Waals surface area contributed by atoms with Crippen molar-refractivity contribution < 1.29 is 13.9 Å². The molecular weight excluding hydrogens is 226 g/mol. The molecule has 0 spiro atoms. The van der Waals surface area contributed by atoms with Gasteiger partial charge in [-0.3, -0.25) is 4.79 Å². The SMILES string of the molecule is CCCCOC(=O)CSc1nc(C)c(C)o1. The van der Waals surface area contributed by atoms with Crippen LogP contribution in [0.5, 0.6) is 0 Å². The molecule has 0 N–H and O–H groups in total. The van der Waals surface area contributed by atoms with E-state index in [4.69, 9.17) is 9.15 Å². The highest BCUT2D eigenvalue weighted by Gasteiger charge is 2.09. The summed E-state index contributed by atoms with van der Waals surface area (Å²) in [6.07, 6.45) is 1.94. The maximum Gasteiger partial charge on any atom is 0.316 e. The van der Waals surface area contributed by atoms with Gasteiger partial charge in [-0.25, -0.2) is 4.98 Å². The fourth-order valence-electron chi connectivity index (χ4n) is 0.998. The molecule has 0 aromatic carbocycles. The molecule has 0 aliphatic rings. The van der Waals surface area contributed by atoms with Gasteiger partial charge in [-0.1, -0.05) is 25.1 Å². The maximum atomic E-state index is 11.3. The van der Waals surface area contributed by atoms with Crippen LogP contribution >= 0.6 is 11.8 Å². The largest absolute Gasteiger partial charge is 0.465 e. The zero-order chi connectivity index (χ0) is 12.0. The first-order valence-electron chi connectivity index (χ1n) is 5.36. The molecule has 0 fully saturated rings. The minimum atomic E-state index is -0.216. The molecule has 0 saturated carbocycles. The van der Waals surface area contributed by atoms with E-state index in [1.54, 1.807) is 0 Å². The Balaban J connectivity index is 2.26. The van der Waals surface area contributed by atoms with Crippen LogP contribution in [0.25, 0.3) is 0 Å². The molecule has 0 aliphatic heterocycles. The average molecular weight is 243 g/mol. The van der Waals surface area contributed by atoms with E-state index in [9.17, 15) is 4.79 Å². The normalized spacial score (nSPS) is 10.4. The topological polar surface area (TPSA) is 52.3 Å². The molecule has 0 saturated heterocycles. The molecule has 90 valence electrons. The minimum Gasteiger partial charge on any atom is -0.465 e. The molecule has 1 aromatic rings. The summed E-state index contributed by atoms with van der Waals surface area (Å²) in [5, 5.41) is 0.530. The van der Waals surface area contributed by atoms with Gasteiger partial charge in [-0.05, 0) is 20.3 Å². The number of oxazole rings is 1. The van der Waals surface area contributed by atoms with Crippen molar-refractivity contribution >= 4 is 17.7 Å². The van der Waals surface area contributed by atoms with Gasteiger partial charge in [0.2, 0.25) is 0 Å². The van der Waals surface area contributed by atoms with Crippen molar-refractivity contribution in [2.75, 3.05) is 12.4 Å². The van der Waals surface area contributed by atoms with E-state index < -0.39 is 0 Å². The van der Waals surface area contributed by atoms with Crippen LogP contribution in [0.3, 0.4) is 0 Å². The van der Waals surface area contributed by atoms with E-state index in [2.05, 4.69) is 11.9 Å². The van der Waals surface area contributed by atoms with Gasteiger partial charge in [-0.15, -0.1) is 0 Å². The number of unbranched alkanes of at least 4 members (excludes halogenated alkanes) is 1. The molecule has 1 heterocycles. The fraction of sp³-hybridized carbons (Fsp3) is 0.636. The Morgan fingerprint density at radius 3 is 2.81 bits per heavy atom. The molecule has 16 heavy (non-hydrogen) atoms. The van der Waals surface area contributed by atoms with Crippen molar-refractivity contribution in [3.05, 3.63) is 11.5 Å². The number of thioether (sulfide) groups is 1. The maximum absolute atomic E-state index is 11.3. The first kappa shape index (κ1) is 13.1. The summed E-state index contributed by atoms with van der Waals surface area (Å²) < 4.78 is 10.3. The smallest absolute Gasteiger partial charge is 0.316 e. The number of aryl methyl sites for hydroxylation is 2. The molecular formula is C11H17NO3S. The van der Waals surface area contributed by atoms with Crippen molar-refractivity contribution in [3.63, 3.8) is 0 Å². The Kier molecular flexibility index (Phi) is 5.38. The molecule has 4 nitrogen and oxygen atoms in total. The lowest BCUT2D eigenvalue weighted by Gasteiger charge is -2.01. The number of rotatable bonds is 6. The second kappa shape index (κ2) is 6.58. The van der Waals surface area contributed by atoms with Crippen LogP contribution in [0.4, 0.5) is 0 Å². The third-order valence-electron chi connectivity index (χ3n) is 2.08. The Labute approximate surface area is 99.8 Å². The van der Waals surface area contributed by atoms with E-state index in [1.165, 1.54) is 11.8 Å². The van der Waals surface area contributed by atoms with Gasteiger partial charge in [-0.2, -0.15) is 0 Å². The molecule has 0 aliphatic carbocycles. The lowest BCUT2D eigenvalue weighted by Crippen LogP contribution is -2.08. The highest BCUT2D eigenvalue weighted by atomic mass is 32.2. The number of ether oxygens (including phenoxy) is 1. The fourth-order valence-corrected chi connectivity index (χ4v) is 1.71. The lowest BCUT2D eigenvalue weighted by molar-refractivity contribution is -0.140. The Morgan fingerprint density at radius 2 is 2.25 bits per heavy atom. The predicted molar refractivity (Wildman–Crippen MR) is 62.6 cm³/mol. The Morgan fingerprint density at radius 1 is 1.50 bits per heavy atom. The zero-order valence-corrected chi connectivity index (χ0v) is 10.7. The van der Waals surface area contributed by atoms with Gasteiger partial charge >= 0.3 is 5.97 Å². The second-order valence-corrected chi connectivity index (χ2v) is 4.41. The highest BCUT2D eigenvalue weighted by Crippen LogP contribution is 2.19. The van der Waals surface area contributed by atoms with Crippen molar-refractivity contribution in [1.29, 1.82) is 0 Å². The molecule has 0 radical (unpaired) electrons. The van der Waals surface area contributed by atoms with Gasteiger partial charge in [0.15, 0.2) is 0 Å². The number of carbonyl (C=O) groups is 1. The van der Waals surface area contributed by atoms with Gasteiger partial charge in [0, 0.05) is 0 Å². The number of hydrogen-bond acceptors (Lipinski definition) is 5. The Hall–Kier alpha value is -0.970. The second-order valence-electron chi connectivity index (χ2n) is 3.48. The molecule has 0 unspecified atom stereocenters. The standard InChI is InChI=1S/C11H17NO3S/c1-4-5-6-14-10(13)7-16-11-12-8(2)9(3)15-11/h4-7H2,1-3H3. The molecule has 5 heteroatoms. The van der Waals surface area contributed by atoms with E-state index in [0.29, 0.717) is 11.8 Å². The summed E-state index contributed by atoms with van der Waals surface area (Å²) in [5.74, 6) is 0.831. The minimum absolute atomic E-state index is 0.216. The van der Waals surface area contributed by atoms with Crippen LogP contribution in [-0.4, -0.2) is 23.3 Å². The number of aromatic nitrogens is 1. The first-order valence-corrected chi connectivity index (χ1v) is 6.34. The van der Waals surface area contributed by atoms with Crippen molar-refractivity contribution in [3.8, 4) is 0 Å². The van der Waals surface area contributed by atoms with E-state index >= 15 is 0 Å². The molecule has 1 rings (SSSR count). The van der Waals surface area contributed by atoms with Gasteiger partial charge in [0.1, 0.15) is 11.5 Å². The Bertz CT molecular complexity index is 329. The summed E-state index contributed by atoms with van der Waals surface area (Å²) in [4.78, 5) is 15.4. The van der Waals surface area contributed by atoms with E-state index in [1.807, 2.05) is 13.8 Å². The van der Waals surface area contributed by atoms with Crippen LogP contribution in [0.2, 0.25) is 0 Å². The van der Waals surface area contributed by atoms with E-state index in [-0.39, 0.29) is 11.7 Å². The molecule has 0 amide bonds. The summed E-state index contributed by atoms with van der Waals surface area (Å²) in [6, 6.07) is 0. The van der Waals surface area contributed by atoms with Crippen LogP contribution in [0, 0.1) is 13.8 Å². The third-order valence-corrected chi connectivity index (χ3v) is 2.88. The highest BCUT2D eigenvalue weighted by molar-refractivity contribution is 7.99. The zero-order valence-electron chi connectivity index (χ0n) is 9.91. The number of esters is 1. The summed E-state index contributed by atoms with van der Waals surface area (Å²) >= 11 is 1.27. The number of carbonyl (C=O) groups excluding carboxylic acids is 1. The van der Waals surface area contributed by atoms with Crippen molar-refractivity contribution in [2.45, 2.75) is 38.8 Å². The van der Waals surface area contributed by atoms with Crippen LogP contribution in [0.1, 0.15) is 31.2 Å². The van der Waals surface area contributed by atoms with Crippen LogP contribution < -0.4 is 0 Å². The number of nitrogens with zero attached hydrogens (tertiary/aromatic N) is 1. The van der Waals surface area contributed by atoms with Gasteiger partial charge < -0.3 is 9.15 Å². The monoisotopic (exact) mass is 243 g/mol. The van der Waals surface area contributed by atoms with Crippen molar-refractivity contribution in [2.24, 2.45) is 0 Å². The van der Waals surface area contributed by atoms with Crippen LogP contribution in [0.15, 0.2) is 9.64 Å². The molecule has 0 bridgehead atoms. The van der Waals surface area contributed by atoms with Gasteiger partial charge in [0.25, 0.3) is 5.22 Å². The van der Waals surface area contributed by atoms with E-state index in [0.717, 1.165) is 24.3 Å². The molecule has 1 aromatic heterocycles. The average Bonchev–Trinajstić information content (AvgIpc) is 2.56. The van der Waals surface area contributed by atoms with Crippen LogP contribution in [-0.2, 0) is 9.53 Å². The first-order chi connectivity index (χ1) is 7.63. The summed E-state index contributed by atoms with van der Waals surface area (Å²) in [5.41, 5.74) is 0.863. The third kappa shape index (κ3) is 4.26.